The van der Waals surface area contributed by atoms with Crippen LogP contribution in [0, 0.1) is 11.7 Å². The maximum atomic E-state index is 13.6. The van der Waals surface area contributed by atoms with Crippen LogP contribution in [-0.4, -0.2) is 13.1 Å². The molecule has 1 aliphatic rings. The van der Waals surface area contributed by atoms with Crippen LogP contribution < -0.4 is 5.32 Å². The van der Waals surface area contributed by atoms with E-state index in [0.717, 1.165) is 25.1 Å². The second-order valence-corrected chi connectivity index (χ2v) is 5.23. The minimum atomic E-state index is -0.250. The summed E-state index contributed by atoms with van der Waals surface area (Å²) in [6.45, 7) is 4.15. The molecular weight excluding hydrogens is 237 g/mol. The van der Waals surface area contributed by atoms with Crippen molar-refractivity contribution in [3.63, 3.8) is 0 Å². The third-order valence-corrected chi connectivity index (χ3v) is 3.74. The first-order valence-corrected chi connectivity index (χ1v) is 6.76. The Labute approximate surface area is 107 Å². The quantitative estimate of drug-likeness (QED) is 0.871. The van der Waals surface area contributed by atoms with Gasteiger partial charge in [0.05, 0.1) is 5.02 Å². The standard InChI is InChI=1S/C14H19ClFN/c1-2-12-7-11(8-13(15)14(12)16)6-10-4-3-5-17-9-10/h7-8,10,17H,2-6,9H2,1H3. The summed E-state index contributed by atoms with van der Waals surface area (Å²) in [4.78, 5) is 0. The Balaban J connectivity index is 2.12. The van der Waals surface area contributed by atoms with Crippen molar-refractivity contribution in [1.82, 2.24) is 5.32 Å². The van der Waals surface area contributed by atoms with Gasteiger partial charge < -0.3 is 5.32 Å². The number of rotatable bonds is 3. The van der Waals surface area contributed by atoms with Crippen LogP contribution in [0.1, 0.15) is 30.9 Å². The fourth-order valence-corrected chi connectivity index (χ4v) is 2.78. The molecule has 17 heavy (non-hydrogen) atoms. The van der Waals surface area contributed by atoms with Crippen molar-refractivity contribution >= 4 is 11.6 Å². The van der Waals surface area contributed by atoms with Gasteiger partial charge >= 0.3 is 0 Å². The lowest BCUT2D eigenvalue weighted by molar-refractivity contribution is 0.376. The molecular formula is C14H19ClFN. The highest BCUT2D eigenvalue weighted by atomic mass is 35.5. The van der Waals surface area contributed by atoms with Gasteiger partial charge in [-0.2, -0.15) is 0 Å². The van der Waals surface area contributed by atoms with Gasteiger partial charge in [0.2, 0.25) is 0 Å². The minimum absolute atomic E-state index is 0.250. The molecule has 2 rings (SSSR count). The largest absolute Gasteiger partial charge is 0.316 e. The third-order valence-electron chi connectivity index (χ3n) is 3.47. The Hall–Kier alpha value is -0.600. The molecule has 0 aromatic heterocycles. The molecule has 1 N–H and O–H groups in total. The van der Waals surface area contributed by atoms with Crippen LogP contribution >= 0.6 is 11.6 Å². The van der Waals surface area contributed by atoms with Gasteiger partial charge in [-0.25, -0.2) is 4.39 Å². The molecule has 1 heterocycles. The highest BCUT2D eigenvalue weighted by molar-refractivity contribution is 6.30. The first kappa shape index (κ1) is 12.8. The van der Waals surface area contributed by atoms with Crippen LogP contribution in [0.2, 0.25) is 5.02 Å². The van der Waals surface area contributed by atoms with E-state index in [1.807, 2.05) is 13.0 Å². The van der Waals surface area contributed by atoms with Gasteiger partial charge in [0, 0.05) is 0 Å². The van der Waals surface area contributed by atoms with E-state index in [0.29, 0.717) is 12.3 Å². The van der Waals surface area contributed by atoms with Gasteiger partial charge in [-0.05, 0) is 61.9 Å². The summed E-state index contributed by atoms with van der Waals surface area (Å²) in [5.74, 6) is 0.412. The zero-order valence-corrected chi connectivity index (χ0v) is 11.0. The van der Waals surface area contributed by atoms with E-state index in [1.165, 1.54) is 18.4 Å². The molecule has 94 valence electrons. The number of benzene rings is 1. The number of aryl methyl sites for hydroxylation is 1. The summed E-state index contributed by atoms with van der Waals surface area (Å²) < 4.78 is 13.6. The Morgan fingerprint density at radius 3 is 2.94 bits per heavy atom. The van der Waals surface area contributed by atoms with Gasteiger partial charge in [-0.3, -0.25) is 0 Å². The molecule has 1 nitrogen and oxygen atoms in total. The number of hydrogen-bond donors (Lipinski definition) is 1. The molecule has 1 unspecified atom stereocenters. The monoisotopic (exact) mass is 255 g/mol. The zero-order valence-electron chi connectivity index (χ0n) is 10.2. The van der Waals surface area contributed by atoms with Gasteiger partial charge in [-0.1, -0.05) is 24.6 Å². The Bertz CT molecular complexity index is 386. The first-order valence-electron chi connectivity index (χ1n) is 6.38. The van der Waals surface area contributed by atoms with Gasteiger partial charge in [0.1, 0.15) is 5.82 Å². The molecule has 0 amide bonds. The van der Waals surface area contributed by atoms with E-state index in [2.05, 4.69) is 5.32 Å². The highest BCUT2D eigenvalue weighted by Gasteiger charge is 2.15. The summed E-state index contributed by atoms with van der Waals surface area (Å²) in [5.41, 5.74) is 1.90. The van der Waals surface area contributed by atoms with E-state index < -0.39 is 0 Å². The third kappa shape index (κ3) is 3.20. The summed E-state index contributed by atoms with van der Waals surface area (Å²) >= 11 is 5.92. The minimum Gasteiger partial charge on any atom is -0.316 e. The number of hydrogen-bond acceptors (Lipinski definition) is 1. The van der Waals surface area contributed by atoms with Gasteiger partial charge in [0.15, 0.2) is 0 Å². The molecule has 0 aliphatic carbocycles. The lowest BCUT2D eigenvalue weighted by Crippen LogP contribution is -2.30. The van der Waals surface area contributed by atoms with E-state index in [1.54, 1.807) is 6.07 Å². The van der Waals surface area contributed by atoms with Crippen LogP contribution in [-0.2, 0) is 12.8 Å². The highest BCUT2D eigenvalue weighted by Crippen LogP contribution is 2.24. The summed E-state index contributed by atoms with van der Waals surface area (Å²) in [6, 6.07) is 3.75. The van der Waals surface area contributed by atoms with E-state index in [-0.39, 0.29) is 10.8 Å². The number of nitrogens with one attached hydrogen (secondary N) is 1. The lowest BCUT2D eigenvalue weighted by atomic mass is 9.91. The van der Waals surface area contributed by atoms with Crippen molar-refractivity contribution in [2.45, 2.75) is 32.6 Å². The molecule has 1 aromatic rings. The maximum Gasteiger partial charge on any atom is 0.144 e. The molecule has 1 aliphatic heterocycles. The molecule has 1 fully saturated rings. The van der Waals surface area contributed by atoms with Crippen LogP contribution in [0.3, 0.4) is 0 Å². The maximum absolute atomic E-state index is 13.6. The second-order valence-electron chi connectivity index (χ2n) is 4.82. The predicted octanol–water partition coefficient (Wildman–Crippen LogP) is 3.58. The lowest BCUT2D eigenvalue weighted by Gasteiger charge is -2.23. The number of piperidine rings is 1. The Kier molecular flexibility index (Phi) is 4.41. The molecule has 0 spiro atoms. The SMILES string of the molecule is CCc1cc(CC2CCCNC2)cc(Cl)c1F. The number of halogens is 2. The second kappa shape index (κ2) is 5.83. The van der Waals surface area contributed by atoms with E-state index >= 15 is 0 Å². The zero-order chi connectivity index (χ0) is 12.3. The van der Waals surface area contributed by atoms with Crippen molar-refractivity contribution in [3.05, 3.63) is 34.1 Å². The van der Waals surface area contributed by atoms with Crippen molar-refractivity contribution in [2.75, 3.05) is 13.1 Å². The molecule has 0 radical (unpaired) electrons. The molecule has 3 heteroatoms. The van der Waals surface area contributed by atoms with Crippen molar-refractivity contribution < 1.29 is 4.39 Å². The van der Waals surface area contributed by atoms with Crippen LogP contribution in [0.15, 0.2) is 12.1 Å². The smallest absolute Gasteiger partial charge is 0.144 e. The topological polar surface area (TPSA) is 12.0 Å². The summed E-state index contributed by atoms with van der Waals surface area (Å²) in [6.07, 6.45) is 4.19. The van der Waals surface area contributed by atoms with Crippen molar-refractivity contribution in [3.8, 4) is 0 Å². The van der Waals surface area contributed by atoms with Crippen molar-refractivity contribution in [1.29, 1.82) is 0 Å². The fraction of sp³-hybridized carbons (Fsp3) is 0.571. The molecule has 1 aromatic carbocycles. The van der Waals surface area contributed by atoms with Gasteiger partial charge in [-0.15, -0.1) is 0 Å². The Morgan fingerprint density at radius 2 is 2.29 bits per heavy atom. The molecule has 0 bridgehead atoms. The van der Waals surface area contributed by atoms with Crippen molar-refractivity contribution in [2.24, 2.45) is 5.92 Å². The van der Waals surface area contributed by atoms with Gasteiger partial charge in [0.25, 0.3) is 0 Å². The first-order chi connectivity index (χ1) is 8.20. The van der Waals surface area contributed by atoms with E-state index in [4.69, 9.17) is 11.6 Å². The predicted molar refractivity (Wildman–Crippen MR) is 70.1 cm³/mol. The molecule has 0 saturated carbocycles. The average Bonchev–Trinajstić information content (AvgIpc) is 2.35. The normalized spacial score (nSPS) is 20.5. The van der Waals surface area contributed by atoms with Crippen LogP contribution in [0.25, 0.3) is 0 Å². The molecule has 1 saturated heterocycles. The average molecular weight is 256 g/mol. The van der Waals surface area contributed by atoms with Crippen LogP contribution in [0.5, 0.6) is 0 Å². The molecule has 1 atom stereocenters. The van der Waals surface area contributed by atoms with Crippen LogP contribution in [0.4, 0.5) is 4.39 Å². The summed E-state index contributed by atoms with van der Waals surface area (Å²) in [7, 11) is 0. The fourth-order valence-electron chi connectivity index (χ4n) is 2.52. The summed E-state index contributed by atoms with van der Waals surface area (Å²) in [5, 5.41) is 3.67. The Morgan fingerprint density at radius 1 is 1.47 bits per heavy atom. The van der Waals surface area contributed by atoms with E-state index in [9.17, 15) is 4.39 Å².